The van der Waals surface area contributed by atoms with Gasteiger partial charge in [-0.3, -0.25) is 14.6 Å². The Bertz CT molecular complexity index is 464. The predicted molar refractivity (Wildman–Crippen MR) is 62.3 cm³/mol. The SMILES string of the molecule is CC1NC(=O)CN(Cc2ccncc2Cl)C1=O. The topological polar surface area (TPSA) is 62.3 Å². The van der Waals surface area contributed by atoms with Crippen molar-refractivity contribution in [1.82, 2.24) is 15.2 Å². The van der Waals surface area contributed by atoms with E-state index in [0.717, 1.165) is 5.56 Å². The summed E-state index contributed by atoms with van der Waals surface area (Å²) >= 11 is 5.96. The van der Waals surface area contributed by atoms with E-state index in [-0.39, 0.29) is 18.4 Å². The number of piperazine rings is 1. The normalized spacial score (nSPS) is 20.4. The van der Waals surface area contributed by atoms with Crippen molar-refractivity contribution in [1.29, 1.82) is 0 Å². The summed E-state index contributed by atoms with van der Waals surface area (Å²) in [6.45, 7) is 2.07. The lowest BCUT2D eigenvalue weighted by molar-refractivity contribution is -0.144. The van der Waals surface area contributed by atoms with Crippen LogP contribution in [-0.4, -0.2) is 34.3 Å². The lowest BCUT2D eigenvalue weighted by Gasteiger charge is -2.30. The van der Waals surface area contributed by atoms with Gasteiger partial charge in [0.05, 0.1) is 11.6 Å². The van der Waals surface area contributed by atoms with Crippen molar-refractivity contribution in [2.45, 2.75) is 19.5 Å². The summed E-state index contributed by atoms with van der Waals surface area (Å²) < 4.78 is 0. The summed E-state index contributed by atoms with van der Waals surface area (Å²) in [6, 6.07) is 1.27. The summed E-state index contributed by atoms with van der Waals surface area (Å²) in [6.07, 6.45) is 3.13. The zero-order valence-electron chi connectivity index (χ0n) is 9.31. The Labute approximate surface area is 104 Å². The molecule has 0 saturated carbocycles. The molecule has 1 aliphatic rings. The zero-order valence-corrected chi connectivity index (χ0v) is 10.1. The van der Waals surface area contributed by atoms with Crippen LogP contribution in [0.2, 0.25) is 5.02 Å². The van der Waals surface area contributed by atoms with Gasteiger partial charge in [-0.2, -0.15) is 0 Å². The molecular weight excluding hydrogens is 242 g/mol. The van der Waals surface area contributed by atoms with Crippen LogP contribution in [0.3, 0.4) is 0 Å². The van der Waals surface area contributed by atoms with Crippen LogP contribution in [0.25, 0.3) is 0 Å². The molecule has 17 heavy (non-hydrogen) atoms. The molecule has 1 N–H and O–H groups in total. The first-order valence-electron chi connectivity index (χ1n) is 5.24. The Morgan fingerprint density at radius 2 is 2.35 bits per heavy atom. The first kappa shape index (κ1) is 11.9. The average Bonchev–Trinajstić information content (AvgIpc) is 2.28. The fraction of sp³-hybridized carbons (Fsp3) is 0.364. The van der Waals surface area contributed by atoms with E-state index in [4.69, 9.17) is 11.6 Å². The molecule has 1 aromatic rings. The van der Waals surface area contributed by atoms with Gasteiger partial charge in [-0.15, -0.1) is 0 Å². The van der Waals surface area contributed by atoms with Crippen molar-refractivity contribution in [2.75, 3.05) is 6.54 Å². The molecule has 0 aromatic carbocycles. The summed E-state index contributed by atoms with van der Waals surface area (Å²) in [5.41, 5.74) is 0.789. The van der Waals surface area contributed by atoms with E-state index >= 15 is 0 Å². The molecule has 0 aliphatic carbocycles. The fourth-order valence-electron chi connectivity index (χ4n) is 1.75. The smallest absolute Gasteiger partial charge is 0.245 e. The first-order chi connectivity index (χ1) is 8.08. The van der Waals surface area contributed by atoms with Crippen molar-refractivity contribution < 1.29 is 9.59 Å². The number of nitrogens with zero attached hydrogens (tertiary/aromatic N) is 2. The molecule has 2 rings (SSSR count). The van der Waals surface area contributed by atoms with Gasteiger partial charge in [0.1, 0.15) is 6.04 Å². The molecule has 1 atom stereocenters. The second-order valence-electron chi connectivity index (χ2n) is 3.95. The van der Waals surface area contributed by atoms with Gasteiger partial charge in [-0.05, 0) is 18.6 Å². The van der Waals surface area contributed by atoms with Crippen molar-refractivity contribution in [2.24, 2.45) is 0 Å². The van der Waals surface area contributed by atoms with E-state index in [9.17, 15) is 9.59 Å². The average molecular weight is 254 g/mol. The largest absolute Gasteiger partial charge is 0.343 e. The first-order valence-corrected chi connectivity index (χ1v) is 5.62. The molecule has 0 radical (unpaired) electrons. The van der Waals surface area contributed by atoms with E-state index in [1.54, 1.807) is 19.2 Å². The molecule has 2 amide bonds. The lowest BCUT2D eigenvalue weighted by Crippen LogP contribution is -2.56. The third kappa shape index (κ3) is 2.55. The number of rotatable bonds is 2. The van der Waals surface area contributed by atoms with Crippen LogP contribution in [0.15, 0.2) is 18.5 Å². The second kappa shape index (κ2) is 4.71. The minimum Gasteiger partial charge on any atom is -0.343 e. The third-order valence-electron chi connectivity index (χ3n) is 2.61. The molecule has 1 aromatic heterocycles. The zero-order chi connectivity index (χ0) is 12.4. The Kier molecular flexibility index (Phi) is 3.28. The third-order valence-corrected chi connectivity index (χ3v) is 2.95. The van der Waals surface area contributed by atoms with Gasteiger partial charge >= 0.3 is 0 Å². The van der Waals surface area contributed by atoms with Crippen LogP contribution in [0.1, 0.15) is 12.5 Å². The molecule has 1 aliphatic heterocycles. The maximum Gasteiger partial charge on any atom is 0.245 e. The Hall–Kier alpha value is -1.62. The number of halogens is 1. The highest BCUT2D eigenvalue weighted by Gasteiger charge is 2.29. The molecule has 2 heterocycles. The van der Waals surface area contributed by atoms with Crippen LogP contribution in [0, 0.1) is 0 Å². The number of amides is 2. The summed E-state index contributed by atoms with van der Waals surface area (Å²) in [5.74, 6) is -0.250. The number of aromatic nitrogens is 1. The highest BCUT2D eigenvalue weighted by molar-refractivity contribution is 6.31. The van der Waals surface area contributed by atoms with Gasteiger partial charge in [0, 0.05) is 18.9 Å². The van der Waals surface area contributed by atoms with E-state index in [1.165, 1.54) is 11.1 Å². The molecular formula is C11H12ClN3O2. The van der Waals surface area contributed by atoms with Gasteiger partial charge in [-0.25, -0.2) is 0 Å². The predicted octanol–water partition coefficient (Wildman–Crippen LogP) is 0.582. The second-order valence-corrected chi connectivity index (χ2v) is 4.36. The maximum atomic E-state index is 11.8. The van der Waals surface area contributed by atoms with Gasteiger partial charge in [0.2, 0.25) is 11.8 Å². The standard InChI is InChI=1S/C11H12ClN3O2/c1-7-11(17)15(6-10(16)14-7)5-8-2-3-13-4-9(8)12/h2-4,7H,5-6H2,1H3,(H,14,16). The van der Waals surface area contributed by atoms with Crippen LogP contribution in [0.4, 0.5) is 0 Å². The maximum absolute atomic E-state index is 11.8. The molecule has 1 fully saturated rings. The molecule has 1 unspecified atom stereocenters. The number of nitrogens with one attached hydrogen (secondary N) is 1. The fourth-order valence-corrected chi connectivity index (χ4v) is 1.92. The highest BCUT2D eigenvalue weighted by atomic mass is 35.5. The van der Waals surface area contributed by atoms with Crippen LogP contribution in [-0.2, 0) is 16.1 Å². The van der Waals surface area contributed by atoms with Crippen molar-refractivity contribution >= 4 is 23.4 Å². The monoisotopic (exact) mass is 253 g/mol. The van der Waals surface area contributed by atoms with E-state index in [0.29, 0.717) is 11.6 Å². The van der Waals surface area contributed by atoms with E-state index in [1.807, 2.05) is 0 Å². The number of hydrogen-bond donors (Lipinski definition) is 1. The minimum atomic E-state index is -0.475. The van der Waals surface area contributed by atoms with Gasteiger partial charge < -0.3 is 10.2 Å². The number of hydrogen-bond acceptors (Lipinski definition) is 3. The van der Waals surface area contributed by atoms with E-state index < -0.39 is 6.04 Å². The van der Waals surface area contributed by atoms with Gasteiger partial charge in [0.25, 0.3) is 0 Å². The Morgan fingerprint density at radius 3 is 3.06 bits per heavy atom. The molecule has 0 spiro atoms. The number of carbonyl (C=O) groups excluding carboxylic acids is 2. The highest BCUT2D eigenvalue weighted by Crippen LogP contribution is 2.17. The molecule has 0 bridgehead atoms. The van der Waals surface area contributed by atoms with Crippen LogP contribution >= 0.6 is 11.6 Å². The van der Waals surface area contributed by atoms with Crippen molar-refractivity contribution in [3.8, 4) is 0 Å². The van der Waals surface area contributed by atoms with Gasteiger partial charge in [-0.1, -0.05) is 11.6 Å². The lowest BCUT2D eigenvalue weighted by atomic mass is 10.2. The molecule has 90 valence electrons. The molecule has 1 saturated heterocycles. The summed E-state index contributed by atoms with van der Waals surface area (Å²) in [5, 5.41) is 3.08. The van der Waals surface area contributed by atoms with E-state index in [2.05, 4.69) is 10.3 Å². The van der Waals surface area contributed by atoms with Gasteiger partial charge in [0.15, 0.2) is 0 Å². The number of pyridine rings is 1. The summed E-state index contributed by atoms with van der Waals surface area (Å²) in [7, 11) is 0. The van der Waals surface area contributed by atoms with Crippen molar-refractivity contribution in [3.05, 3.63) is 29.0 Å². The number of carbonyl (C=O) groups is 2. The van der Waals surface area contributed by atoms with Crippen molar-refractivity contribution in [3.63, 3.8) is 0 Å². The Balaban J connectivity index is 2.15. The quantitative estimate of drug-likeness (QED) is 0.839. The summed E-state index contributed by atoms with van der Waals surface area (Å²) in [4.78, 5) is 28.6. The molecule has 6 heteroatoms. The minimum absolute atomic E-state index is 0.0713. The van der Waals surface area contributed by atoms with Crippen LogP contribution in [0.5, 0.6) is 0 Å². The Morgan fingerprint density at radius 1 is 1.59 bits per heavy atom. The van der Waals surface area contributed by atoms with Crippen LogP contribution < -0.4 is 5.32 Å². The molecule has 5 nitrogen and oxygen atoms in total.